The van der Waals surface area contributed by atoms with E-state index in [1.807, 2.05) is 13.1 Å². The molecule has 2 fully saturated rings. The highest BCUT2D eigenvalue weighted by molar-refractivity contribution is 5.80. The van der Waals surface area contributed by atoms with Crippen LogP contribution in [0, 0.1) is 0 Å². The van der Waals surface area contributed by atoms with Crippen LogP contribution in [-0.2, 0) is 0 Å². The van der Waals surface area contributed by atoms with Gasteiger partial charge in [0.05, 0.1) is 12.3 Å². The van der Waals surface area contributed by atoms with Crippen LogP contribution in [0.5, 0.6) is 0 Å². The van der Waals surface area contributed by atoms with Gasteiger partial charge in [0.25, 0.3) is 0 Å². The number of nitrogens with zero attached hydrogens (tertiary/aromatic N) is 2. The summed E-state index contributed by atoms with van der Waals surface area (Å²) < 4.78 is 5.65. The number of furan rings is 1. The van der Waals surface area contributed by atoms with Crippen LogP contribution in [0.25, 0.3) is 0 Å². The molecule has 1 aromatic heterocycles. The Kier molecular flexibility index (Phi) is 4.80. The van der Waals surface area contributed by atoms with Gasteiger partial charge in [0.15, 0.2) is 5.96 Å². The van der Waals surface area contributed by atoms with Gasteiger partial charge in [0.2, 0.25) is 0 Å². The Balaban J connectivity index is 1.58. The molecule has 0 amide bonds. The zero-order chi connectivity index (χ0) is 14.5. The summed E-state index contributed by atoms with van der Waals surface area (Å²) in [6, 6.07) is 4.94. The van der Waals surface area contributed by atoms with Crippen LogP contribution in [0.3, 0.4) is 0 Å². The molecule has 1 aliphatic heterocycles. The van der Waals surface area contributed by atoms with Gasteiger partial charge in [-0.25, -0.2) is 0 Å². The summed E-state index contributed by atoms with van der Waals surface area (Å²) in [5, 5.41) is 6.96. The highest BCUT2D eigenvalue weighted by Crippen LogP contribution is 2.25. The molecule has 5 nitrogen and oxygen atoms in total. The standard InChI is InChI=1S/C16H26N4O/c1-17-16(19-13-6-4-7-13)18-12-14(15-8-5-11-21-15)20-9-2-3-10-20/h5,8,11,13-14H,2-4,6-7,9-10,12H2,1H3,(H2,17,18,19). The molecule has 5 heteroatoms. The molecule has 0 aromatic carbocycles. The molecule has 2 aliphatic rings. The van der Waals surface area contributed by atoms with E-state index in [4.69, 9.17) is 4.42 Å². The highest BCUT2D eigenvalue weighted by Gasteiger charge is 2.26. The van der Waals surface area contributed by atoms with Crippen molar-refractivity contribution in [1.82, 2.24) is 15.5 Å². The van der Waals surface area contributed by atoms with Crippen molar-refractivity contribution in [2.45, 2.75) is 44.2 Å². The number of hydrogen-bond acceptors (Lipinski definition) is 3. The Bertz CT molecular complexity index is 447. The number of guanidine groups is 1. The lowest BCUT2D eigenvalue weighted by Gasteiger charge is -2.30. The van der Waals surface area contributed by atoms with Crippen LogP contribution in [0.4, 0.5) is 0 Å². The Morgan fingerprint density at radius 2 is 2.19 bits per heavy atom. The monoisotopic (exact) mass is 290 g/mol. The third-order valence-electron chi connectivity index (χ3n) is 4.59. The zero-order valence-electron chi connectivity index (χ0n) is 12.8. The van der Waals surface area contributed by atoms with Gasteiger partial charge in [0, 0.05) is 19.6 Å². The van der Waals surface area contributed by atoms with Crippen LogP contribution in [0.1, 0.15) is 43.9 Å². The molecule has 1 saturated heterocycles. The fourth-order valence-corrected chi connectivity index (χ4v) is 3.08. The summed E-state index contributed by atoms with van der Waals surface area (Å²) in [4.78, 5) is 6.84. The van der Waals surface area contributed by atoms with Gasteiger partial charge >= 0.3 is 0 Å². The van der Waals surface area contributed by atoms with Crippen LogP contribution in [0.2, 0.25) is 0 Å². The van der Waals surface area contributed by atoms with Crippen LogP contribution in [-0.4, -0.2) is 43.6 Å². The second-order valence-electron chi connectivity index (χ2n) is 6.00. The number of aliphatic imine (C=N–C) groups is 1. The Morgan fingerprint density at radius 1 is 1.38 bits per heavy atom. The van der Waals surface area contributed by atoms with Gasteiger partial charge in [-0.3, -0.25) is 9.89 Å². The second-order valence-corrected chi connectivity index (χ2v) is 6.00. The van der Waals surface area contributed by atoms with Crippen molar-refractivity contribution >= 4 is 5.96 Å². The van der Waals surface area contributed by atoms with Crippen molar-refractivity contribution in [2.24, 2.45) is 4.99 Å². The first-order valence-electron chi connectivity index (χ1n) is 8.11. The minimum Gasteiger partial charge on any atom is -0.468 e. The van der Waals surface area contributed by atoms with Gasteiger partial charge in [-0.2, -0.15) is 0 Å². The molecule has 21 heavy (non-hydrogen) atoms. The van der Waals surface area contributed by atoms with Gasteiger partial charge in [-0.15, -0.1) is 0 Å². The number of nitrogens with one attached hydrogen (secondary N) is 2. The molecular weight excluding hydrogens is 264 g/mol. The topological polar surface area (TPSA) is 52.8 Å². The van der Waals surface area contributed by atoms with E-state index in [0.29, 0.717) is 12.1 Å². The Hall–Kier alpha value is -1.49. The zero-order valence-corrected chi connectivity index (χ0v) is 12.8. The van der Waals surface area contributed by atoms with Gasteiger partial charge < -0.3 is 15.1 Å². The first kappa shape index (κ1) is 14.4. The lowest BCUT2D eigenvalue weighted by atomic mass is 9.93. The maximum absolute atomic E-state index is 5.65. The fourth-order valence-electron chi connectivity index (χ4n) is 3.08. The molecule has 0 radical (unpaired) electrons. The molecule has 1 aliphatic carbocycles. The smallest absolute Gasteiger partial charge is 0.191 e. The minimum atomic E-state index is 0.294. The van der Waals surface area contributed by atoms with Gasteiger partial charge in [-0.05, 0) is 57.3 Å². The van der Waals surface area contributed by atoms with Gasteiger partial charge in [-0.1, -0.05) is 0 Å². The molecule has 0 spiro atoms. The van der Waals surface area contributed by atoms with E-state index >= 15 is 0 Å². The molecule has 1 unspecified atom stereocenters. The molecule has 3 rings (SSSR count). The van der Waals surface area contributed by atoms with Crippen molar-refractivity contribution in [2.75, 3.05) is 26.7 Å². The minimum absolute atomic E-state index is 0.294. The maximum Gasteiger partial charge on any atom is 0.191 e. The molecule has 116 valence electrons. The maximum atomic E-state index is 5.65. The van der Waals surface area contributed by atoms with E-state index < -0.39 is 0 Å². The summed E-state index contributed by atoms with van der Waals surface area (Å²) >= 11 is 0. The summed E-state index contributed by atoms with van der Waals surface area (Å²) in [7, 11) is 1.84. The van der Waals surface area contributed by atoms with Crippen molar-refractivity contribution in [1.29, 1.82) is 0 Å². The number of hydrogen-bond donors (Lipinski definition) is 2. The fraction of sp³-hybridized carbons (Fsp3) is 0.688. The predicted molar refractivity (Wildman–Crippen MR) is 84.4 cm³/mol. The number of rotatable bonds is 5. The lowest BCUT2D eigenvalue weighted by molar-refractivity contribution is 0.215. The van der Waals surface area contributed by atoms with E-state index in [0.717, 1.165) is 31.4 Å². The van der Waals surface area contributed by atoms with Crippen LogP contribution < -0.4 is 10.6 Å². The summed E-state index contributed by atoms with van der Waals surface area (Å²) in [6.45, 7) is 3.14. The van der Waals surface area contributed by atoms with Crippen LogP contribution in [0.15, 0.2) is 27.8 Å². The molecule has 2 N–H and O–H groups in total. The largest absolute Gasteiger partial charge is 0.468 e. The average Bonchev–Trinajstić information content (AvgIpc) is 3.13. The van der Waals surface area contributed by atoms with E-state index in [1.165, 1.54) is 32.1 Å². The van der Waals surface area contributed by atoms with E-state index in [1.54, 1.807) is 6.26 Å². The molecule has 1 saturated carbocycles. The SMILES string of the molecule is CN=C(NCC(c1ccco1)N1CCCC1)NC1CCC1. The summed E-state index contributed by atoms with van der Waals surface area (Å²) in [5.41, 5.74) is 0. The molecule has 1 aromatic rings. The van der Waals surface area contributed by atoms with E-state index in [2.05, 4.69) is 26.6 Å². The predicted octanol–water partition coefficient (Wildman–Crippen LogP) is 2.13. The second kappa shape index (κ2) is 6.98. The average molecular weight is 290 g/mol. The third kappa shape index (κ3) is 3.59. The third-order valence-corrected chi connectivity index (χ3v) is 4.59. The van der Waals surface area contributed by atoms with Crippen molar-refractivity contribution in [3.05, 3.63) is 24.2 Å². The van der Waals surface area contributed by atoms with Gasteiger partial charge in [0.1, 0.15) is 5.76 Å². The summed E-state index contributed by atoms with van der Waals surface area (Å²) in [5.74, 6) is 1.96. The van der Waals surface area contributed by atoms with Crippen molar-refractivity contribution in [3.8, 4) is 0 Å². The first-order valence-corrected chi connectivity index (χ1v) is 8.11. The first-order chi connectivity index (χ1) is 10.4. The molecular formula is C16H26N4O. The van der Waals surface area contributed by atoms with Crippen LogP contribution >= 0.6 is 0 Å². The number of likely N-dealkylation sites (tertiary alicyclic amines) is 1. The van der Waals surface area contributed by atoms with Crippen molar-refractivity contribution < 1.29 is 4.42 Å². The van der Waals surface area contributed by atoms with E-state index in [-0.39, 0.29) is 0 Å². The van der Waals surface area contributed by atoms with Crippen molar-refractivity contribution in [3.63, 3.8) is 0 Å². The normalized spacial score (nSPS) is 22.0. The highest BCUT2D eigenvalue weighted by atomic mass is 16.3. The molecule has 1 atom stereocenters. The molecule has 0 bridgehead atoms. The Morgan fingerprint density at radius 3 is 2.76 bits per heavy atom. The molecule has 2 heterocycles. The lowest BCUT2D eigenvalue weighted by Crippen LogP contribution is -2.48. The summed E-state index contributed by atoms with van der Waals surface area (Å²) in [6.07, 6.45) is 8.18. The Labute approximate surface area is 126 Å². The quantitative estimate of drug-likeness (QED) is 0.644. The van der Waals surface area contributed by atoms with E-state index in [9.17, 15) is 0 Å².